The van der Waals surface area contributed by atoms with E-state index >= 15 is 0 Å². The van der Waals surface area contributed by atoms with Gasteiger partial charge in [-0.3, -0.25) is 0 Å². The summed E-state index contributed by atoms with van der Waals surface area (Å²) in [5.74, 6) is -2.87. The molecule has 0 bridgehead atoms. The number of nitrogens with two attached hydrogens (primary N) is 1. The smallest absolute Gasteiger partial charge is 0.350 e. The van der Waals surface area contributed by atoms with Gasteiger partial charge >= 0.3 is 11.9 Å². The lowest BCUT2D eigenvalue weighted by Gasteiger charge is -2.30. The molecular weight excluding hydrogens is 240 g/mol. The van der Waals surface area contributed by atoms with E-state index in [4.69, 9.17) is 15.2 Å². The molecule has 0 radical (unpaired) electrons. The van der Waals surface area contributed by atoms with Crippen molar-refractivity contribution in [3.8, 4) is 0 Å². The maximum Gasteiger partial charge on any atom is 0.350 e. The molecule has 0 atom stereocenters. The van der Waals surface area contributed by atoms with E-state index in [2.05, 4.69) is 10.1 Å². The maximum atomic E-state index is 11.7. The lowest BCUT2D eigenvalue weighted by molar-refractivity contribution is -0.222. The van der Waals surface area contributed by atoms with Gasteiger partial charge in [-0.15, -0.1) is 0 Å². The Kier molecular flexibility index (Phi) is 2.77. The third-order valence-electron chi connectivity index (χ3n) is 2.21. The van der Waals surface area contributed by atoms with Gasteiger partial charge in [0.1, 0.15) is 12.7 Å². The van der Waals surface area contributed by atoms with Crippen LogP contribution in [0.25, 0.3) is 0 Å². The van der Waals surface area contributed by atoms with E-state index in [0.29, 0.717) is 0 Å². The van der Waals surface area contributed by atoms with Crippen LogP contribution in [0, 0.1) is 0 Å². The molecule has 0 spiro atoms. The Hall–Kier alpha value is -2.38. The van der Waals surface area contributed by atoms with Crippen LogP contribution in [0.5, 0.6) is 0 Å². The van der Waals surface area contributed by atoms with Crippen molar-refractivity contribution in [3.05, 3.63) is 23.9 Å². The van der Waals surface area contributed by atoms with Crippen LogP contribution in [0.4, 0.5) is 0 Å². The fourth-order valence-corrected chi connectivity index (χ4v) is 1.48. The summed E-state index contributed by atoms with van der Waals surface area (Å²) in [6, 6.07) is 0. The molecule has 0 aromatic carbocycles. The molecular formula is C10H12N4O4. The molecule has 1 aromatic heterocycles. The van der Waals surface area contributed by atoms with Gasteiger partial charge in [0.2, 0.25) is 0 Å². The highest BCUT2D eigenvalue weighted by Crippen LogP contribution is 2.23. The molecule has 0 aliphatic carbocycles. The number of aromatic nitrogens is 3. The van der Waals surface area contributed by atoms with Crippen LogP contribution >= 0.6 is 0 Å². The molecule has 8 heteroatoms. The van der Waals surface area contributed by atoms with Crippen LogP contribution in [-0.4, -0.2) is 32.5 Å². The summed E-state index contributed by atoms with van der Waals surface area (Å²) in [6.45, 7) is 2.99. The van der Waals surface area contributed by atoms with Gasteiger partial charge in [0.15, 0.2) is 5.57 Å². The van der Waals surface area contributed by atoms with E-state index in [1.807, 2.05) is 0 Å². The van der Waals surface area contributed by atoms with Gasteiger partial charge in [-0.05, 0) is 0 Å². The first-order valence-electron chi connectivity index (χ1n) is 5.17. The molecule has 18 heavy (non-hydrogen) atoms. The van der Waals surface area contributed by atoms with Gasteiger partial charge in [0, 0.05) is 13.8 Å². The zero-order valence-electron chi connectivity index (χ0n) is 9.91. The molecule has 0 unspecified atom stereocenters. The highest BCUT2D eigenvalue weighted by Gasteiger charge is 2.40. The zero-order chi connectivity index (χ0) is 13.3. The normalized spacial score (nSPS) is 18.2. The molecule has 0 amide bonds. The topological polar surface area (TPSA) is 109 Å². The summed E-state index contributed by atoms with van der Waals surface area (Å²) in [6.07, 6.45) is 2.73. The van der Waals surface area contributed by atoms with Gasteiger partial charge in [-0.25, -0.2) is 19.3 Å². The molecule has 2 heterocycles. The van der Waals surface area contributed by atoms with E-state index in [1.165, 1.54) is 31.2 Å². The van der Waals surface area contributed by atoms with E-state index in [9.17, 15) is 9.59 Å². The molecule has 1 aliphatic rings. The second-order valence-electron chi connectivity index (χ2n) is 4.17. The van der Waals surface area contributed by atoms with Crippen LogP contribution in [0.1, 0.15) is 13.8 Å². The average Bonchev–Trinajstić information content (AvgIpc) is 2.66. The number of allylic oxidation sites excluding steroid dienone is 1. The molecule has 1 aromatic rings. The lowest BCUT2D eigenvalue weighted by Crippen LogP contribution is -2.43. The predicted octanol–water partition coefficient (Wildman–Crippen LogP) is -0.673. The van der Waals surface area contributed by atoms with Crippen LogP contribution < -0.4 is 5.73 Å². The number of hydrogen-bond donors (Lipinski definition) is 1. The number of ether oxygens (including phenoxy) is 2. The van der Waals surface area contributed by atoms with E-state index in [0.717, 1.165) is 0 Å². The molecule has 2 rings (SSSR count). The van der Waals surface area contributed by atoms with Gasteiger partial charge < -0.3 is 15.2 Å². The highest BCUT2D eigenvalue weighted by atomic mass is 16.7. The largest absolute Gasteiger partial charge is 0.419 e. The van der Waals surface area contributed by atoms with Crippen molar-refractivity contribution in [2.45, 2.75) is 26.2 Å². The standard InChI is InChI=1S/C10H12N4O4/c1-10(2)17-8(15)7(9(16)18-10)6(11)3-14-5-12-4-13-14/h4-5H,3,11H2,1-2H3. The molecule has 1 fully saturated rings. The Bertz CT molecular complexity index is 496. The van der Waals surface area contributed by atoms with Gasteiger partial charge in [-0.2, -0.15) is 5.10 Å². The monoisotopic (exact) mass is 252 g/mol. The van der Waals surface area contributed by atoms with E-state index in [-0.39, 0.29) is 17.8 Å². The number of rotatable bonds is 2. The van der Waals surface area contributed by atoms with Gasteiger partial charge in [0.05, 0.1) is 12.2 Å². The highest BCUT2D eigenvalue weighted by molar-refractivity contribution is 6.15. The van der Waals surface area contributed by atoms with Crippen LogP contribution in [0.3, 0.4) is 0 Å². The van der Waals surface area contributed by atoms with Crippen molar-refractivity contribution in [2.75, 3.05) is 0 Å². The third-order valence-corrected chi connectivity index (χ3v) is 2.21. The number of carbonyl (C=O) groups is 2. The second kappa shape index (κ2) is 4.13. The quantitative estimate of drug-likeness (QED) is 0.422. The Labute approximate surface area is 102 Å². The molecule has 1 aliphatic heterocycles. The first kappa shape index (κ1) is 12.1. The Balaban J connectivity index is 2.26. The van der Waals surface area contributed by atoms with E-state index < -0.39 is 17.7 Å². The number of esters is 2. The average molecular weight is 252 g/mol. The van der Waals surface area contributed by atoms with Gasteiger partial charge in [0.25, 0.3) is 5.79 Å². The van der Waals surface area contributed by atoms with Crippen molar-refractivity contribution in [1.29, 1.82) is 0 Å². The molecule has 2 N–H and O–H groups in total. The van der Waals surface area contributed by atoms with Crippen molar-refractivity contribution < 1.29 is 19.1 Å². The van der Waals surface area contributed by atoms with Gasteiger partial charge in [-0.1, -0.05) is 0 Å². The molecule has 8 nitrogen and oxygen atoms in total. The Morgan fingerprint density at radius 3 is 2.50 bits per heavy atom. The van der Waals surface area contributed by atoms with Crippen molar-refractivity contribution in [1.82, 2.24) is 14.8 Å². The maximum absolute atomic E-state index is 11.7. The van der Waals surface area contributed by atoms with Crippen LogP contribution in [-0.2, 0) is 25.6 Å². The zero-order valence-corrected chi connectivity index (χ0v) is 9.91. The minimum absolute atomic E-state index is 0.0194. The summed E-state index contributed by atoms with van der Waals surface area (Å²) in [5.41, 5.74) is 5.42. The minimum atomic E-state index is -1.27. The summed E-state index contributed by atoms with van der Waals surface area (Å²) < 4.78 is 11.2. The number of nitrogens with zero attached hydrogens (tertiary/aromatic N) is 3. The number of carbonyl (C=O) groups excluding carboxylic acids is 2. The first-order chi connectivity index (χ1) is 8.39. The fraction of sp³-hybridized carbons (Fsp3) is 0.400. The summed E-state index contributed by atoms with van der Waals surface area (Å²) in [5, 5.41) is 3.82. The summed E-state index contributed by atoms with van der Waals surface area (Å²) >= 11 is 0. The first-order valence-corrected chi connectivity index (χ1v) is 5.17. The summed E-state index contributed by atoms with van der Waals surface area (Å²) in [4.78, 5) is 27.1. The number of hydrogen-bond acceptors (Lipinski definition) is 7. The van der Waals surface area contributed by atoms with Crippen LogP contribution in [0.2, 0.25) is 0 Å². The number of cyclic esters (lactones) is 2. The predicted molar refractivity (Wildman–Crippen MR) is 57.5 cm³/mol. The van der Waals surface area contributed by atoms with Crippen molar-refractivity contribution in [3.63, 3.8) is 0 Å². The van der Waals surface area contributed by atoms with Crippen LogP contribution in [0.15, 0.2) is 23.9 Å². The third kappa shape index (κ3) is 2.31. The van der Waals surface area contributed by atoms with Crippen molar-refractivity contribution >= 4 is 11.9 Å². The minimum Gasteiger partial charge on any atom is -0.419 e. The second-order valence-corrected chi connectivity index (χ2v) is 4.17. The van der Waals surface area contributed by atoms with Crippen molar-refractivity contribution in [2.24, 2.45) is 5.73 Å². The Morgan fingerprint density at radius 1 is 1.39 bits per heavy atom. The Morgan fingerprint density at radius 2 is 2.00 bits per heavy atom. The van der Waals surface area contributed by atoms with E-state index in [1.54, 1.807) is 0 Å². The molecule has 1 saturated heterocycles. The summed E-state index contributed by atoms with van der Waals surface area (Å²) in [7, 11) is 0. The molecule has 0 saturated carbocycles. The lowest BCUT2D eigenvalue weighted by atomic mass is 10.1. The molecule has 96 valence electrons. The fourth-order valence-electron chi connectivity index (χ4n) is 1.48. The SMILES string of the molecule is CC1(C)OC(=O)C(=C(N)Cn2cncn2)C(=O)O1.